The van der Waals surface area contributed by atoms with Crippen molar-refractivity contribution in [2.24, 2.45) is 7.05 Å². The minimum absolute atomic E-state index is 0.163. The van der Waals surface area contributed by atoms with E-state index in [2.05, 4.69) is 10.6 Å². The molecule has 0 atom stereocenters. The van der Waals surface area contributed by atoms with E-state index in [1.165, 1.54) is 11.4 Å². The largest absolute Gasteiger partial charge is 0.348 e. The van der Waals surface area contributed by atoms with Crippen molar-refractivity contribution >= 4 is 44.7 Å². The first kappa shape index (κ1) is 21.4. The molecular weight excluding hydrogens is 418 g/mol. The van der Waals surface area contributed by atoms with Gasteiger partial charge in [-0.25, -0.2) is 9.52 Å². The van der Waals surface area contributed by atoms with Crippen LogP contribution in [-0.2, 0) is 17.3 Å². The van der Waals surface area contributed by atoms with Crippen molar-refractivity contribution in [3.8, 4) is 0 Å². The second-order valence-electron chi connectivity index (χ2n) is 7.05. The quantitative estimate of drug-likeness (QED) is 0.667. The van der Waals surface area contributed by atoms with Gasteiger partial charge in [0, 0.05) is 44.1 Å². The van der Waals surface area contributed by atoms with Crippen LogP contribution in [0, 0.1) is 6.92 Å². The molecule has 0 bridgehead atoms. The van der Waals surface area contributed by atoms with Gasteiger partial charge < -0.3 is 15.2 Å². The zero-order chi connectivity index (χ0) is 21.3. The van der Waals surface area contributed by atoms with Gasteiger partial charge >= 0.3 is 16.2 Å². The van der Waals surface area contributed by atoms with Crippen LogP contribution in [0.2, 0.25) is 5.02 Å². The highest BCUT2D eigenvalue weighted by Crippen LogP contribution is 2.29. The molecule has 1 aromatic heterocycles. The summed E-state index contributed by atoms with van der Waals surface area (Å²) < 4.78 is 29.2. The van der Waals surface area contributed by atoms with Gasteiger partial charge in [-0.05, 0) is 37.5 Å². The first-order valence-corrected chi connectivity index (χ1v) is 11.0. The van der Waals surface area contributed by atoms with Gasteiger partial charge in [-0.15, -0.1) is 0 Å². The predicted octanol–water partition coefficient (Wildman–Crippen LogP) is 1.51. The number of aromatic nitrogens is 1. The van der Waals surface area contributed by atoms with Crippen molar-refractivity contribution in [2.45, 2.75) is 25.8 Å². The van der Waals surface area contributed by atoms with Crippen LogP contribution >= 0.6 is 11.6 Å². The summed E-state index contributed by atoms with van der Waals surface area (Å²) in [4.78, 5) is 24.1. The van der Waals surface area contributed by atoms with Gasteiger partial charge in [0.1, 0.15) is 5.69 Å². The molecule has 0 unspecified atom stereocenters. The number of halogens is 1. The molecule has 0 saturated carbocycles. The van der Waals surface area contributed by atoms with E-state index in [1.807, 2.05) is 30.8 Å². The molecule has 1 saturated heterocycles. The average Bonchev–Trinajstić information content (AvgIpc) is 3.02. The van der Waals surface area contributed by atoms with Gasteiger partial charge in [0.15, 0.2) is 0 Å². The summed E-state index contributed by atoms with van der Waals surface area (Å²) >= 11 is 6.37. The number of hydrogen-bond donors (Lipinski definition) is 3. The molecule has 3 amide bonds. The molecular formula is C18H24ClN5O4S. The molecule has 1 aromatic carbocycles. The Morgan fingerprint density at radius 1 is 1.21 bits per heavy atom. The highest BCUT2D eigenvalue weighted by atomic mass is 35.5. The van der Waals surface area contributed by atoms with Crippen molar-refractivity contribution in [2.75, 3.05) is 20.1 Å². The first-order valence-electron chi connectivity index (χ1n) is 9.19. The van der Waals surface area contributed by atoms with Gasteiger partial charge in [0.25, 0.3) is 5.91 Å². The molecule has 11 heteroatoms. The van der Waals surface area contributed by atoms with E-state index in [9.17, 15) is 18.0 Å². The fourth-order valence-corrected chi connectivity index (χ4v) is 4.81. The van der Waals surface area contributed by atoms with Gasteiger partial charge in [-0.1, -0.05) is 17.7 Å². The highest BCUT2D eigenvalue weighted by molar-refractivity contribution is 7.87. The normalized spacial score (nSPS) is 16.0. The third-order valence-electron chi connectivity index (χ3n) is 5.16. The van der Waals surface area contributed by atoms with E-state index >= 15 is 0 Å². The summed E-state index contributed by atoms with van der Waals surface area (Å²) in [5.41, 5.74) is 2.30. The Hall–Kier alpha value is -2.30. The lowest BCUT2D eigenvalue weighted by molar-refractivity contribution is 0.0916. The maximum absolute atomic E-state index is 12.8. The molecule has 1 fully saturated rings. The maximum Gasteiger partial charge on any atom is 0.329 e. The van der Waals surface area contributed by atoms with Crippen molar-refractivity contribution in [3.63, 3.8) is 0 Å². The summed E-state index contributed by atoms with van der Waals surface area (Å²) in [7, 11) is -0.742. The zero-order valence-corrected chi connectivity index (χ0v) is 18.0. The van der Waals surface area contributed by atoms with Crippen molar-refractivity contribution in [1.29, 1.82) is 0 Å². The van der Waals surface area contributed by atoms with Crippen molar-refractivity contribution in [3.05, 3.63) is 34.5 Å². The molecule has 1 aliphatic heterocycles. The molecule has 29 heavy (non-hydrogen) atoms. The number of carbonyl (C=O) groups is 2. The van der Waals surface area contributed by atoms with Gasteiger partial charge in [-0.3, -0.25) is 4.79 Å². The Morgan fingerprint density at radius 3 is 2.48 bits per heavy atom. The number of fused-ring (bicyclic) bond motifs is 1. The summed E-state index contributed by atoms with van der Waals surface area (Å²) in [6, 6.07) is 4.66. The standard InChI is InChI=1S/C18H24ClN5O4S/c1-11-4-5-14-13(16(11)19)10-15(23(14)3)17(25)21-12-6-8-24(9-7-12)29(27,28)22-18(26)20-2/h4-5,10,12H,6-9H2,1-3H3,(H,21,25)(H2,20,22,26). The summed E-state index contributed by atoms with van der Waals surface area (Å²) in [5, 5.41) is 6.63. The Balaban J connectivity index is 1.66. The lowest BCUT2D eigenvalue weighted by atomic mass is 10.1. The molecule has 0 radical (unpaired) electrons. The van der Waals surface area contributed by atoms with E-state index in [1.54, 1.807) is 10.6 Å². The van der Waals surface area contributed by atoms with Gasteiger partial charge in [0.05, 0.1) is 5.02 Å². The van der Waals surface area contributed by atoms with Crippen LogP contribution in [0.3, 0.4) is 0 Å². The molecule has 2 heterocycles. The van der Waals surface area contributed by atoms with Crippen LogP contribution in [0.4, 0.5) is 4.79 Å². The average molecular weight is 442 g/mol. The Bertz CT molecular complexity index is 1060. The SMILES string of the molecule is CNC(=O)NS(=O)(=O)N1CCC(NC(=O)c2cc3c(Cl)c(C)ccc3n2C)CC1. The highest BCUT2D eigenvalue weighted by Gasteiger charge is 2.30. The van der Waals surface area contributed by atoms with E-state index in [-0.39, 0.29) is 25.0 Å². The number of nitrogens with zero attached hydrogens (tertiary/aromatic N) is 2. The van der Waals surface area contributed by atoms with Crippen molar-refractivity contribution < 1.29 is 18.0 Å². The third-order valence-corrected chi connectivity index (χ3v) is 7.15. The van der Waals surface area contributed by atoms with Crippen LogP contribution in [0.1, 0.15) is 28.9 Å². The number of urea groups is 1. The zero-order valence-electron chi connectivity index (χ0n) is 16.5. The molecule has 1 aliphatic rings. The lowest BCUT2D eigenvalue weighted by Crippen LogP contribution is -2.52. The summed E-state index contributed by atoms with van der Waals surface area (Å²) in [5.74, 6) is -0.234. The fraction of sp³-hybridized carbons (Fsp3) is 0.444. The maximum atomic E-state index is 12.8. The number of aryl methyl sites for hydroxylation is 2. The summed E-state index contributed by atoms with van der Waals surface area (Å²) in [6.45, 7) is 2.32. The number of carbonyl (C=O) groups excluding carboxylic acids is 2. The topological polar surface area (TPSA) is 113 Å². The second kappa shape index (κ2) is 8.21. The Kier molecular flexibility index (Phi) is 6.06. The second-order valence-corrected chi connectivity index (χ2v) is 9.10. The number of amides is 3. The minimum Gasteiger partial charge on any atom is -0.348 e. The van der Waals surface area contributed by atoms with E-state index < -0.39 is 16.2 Å². The molecule has 2 aromatic rings. The molecule has 0 spiro atoms. The van der Waals surface area contributed by atoms with Gasteiger partial charge in [0.2, 0.25) is 0 Å². The van der Waals surface area contributed by atoms with Crippen LogP contribution < -0.4 is 15.4 Å². The van der Waals surface area contributed by atoms with Crippen LogP contribution in [0.15, 0.2) is 18.2 Å². The van der Waals surface area contributed by atoms with Crippen LogP contribution in [0.5, 0.6) is 0 Å². The van der Waals surface area contributed by atoms with Gasteiger partial charge in [-0.2, -0.15) is 12.7 Å². The molecule has 9 nitrogen and oxygen atoms in total. The Morgan fingerprint density at radius 2 is 1.86 bits per heavy atom. The third kappa shape index (κ3) is 4.34. The Labute approximate surface area is 174 Å². The number of hydrogen-bond acceptors (Lipinski definition) is 4. The molecule has 3 N–H and O–H groups in total. The monoisotopic (exact) mass is 441 g/mol. The molecule has 0 aliphatic carbocycles. The van der Waals surface area contributed by atoms with Crippen LogP contribution in [-0.4, -0.2) is 55.4 Å². The smallest absolute Gasteiger partial charge is 0.329 e. The van der Waals surface area contributed by atoms with E-state index in [0.717, 1.165) is 16.5 Å². The number of nitrogens with one attached hydrogen (secondary N) is 3. The van der Waals surface area contributed by atoms with E-state index in [4.69, 9.17) is 11.6 Å². The van der Waals surface area contributed by atoms with Crippen LogP contribution in [0.25, 0.3) is 10.9 Å². The lowest BCUT2D eigenvalue weighted by Gasteiger charge is -2.31. The first-order chi connectivity index (χ1) is 13.6. The number of rotatable bonds is 4. The molecule has 3 rings (SSSR count). The van der Waals surface area contributed by atoms with Crippen molar-refractivity contribution in [1.82, 2.24) is 24.2 Å². The van der Waals surface area contributed by atoms with E-state index in [0.29, 0.717) is 23.6 Å². The molecule has 158 valence electrons. The fourth-order valence-electron chi connectivity index (χ4n) is 3.44. The predicted molar refractivity (Wildman–Crippen MR) is 111 cm³/mol. The number of piperidine rings is 1. The minimum atomic E-state index is -3.89. The number of benzene rings is 1. The summed E-state index contributed by atoms with van der Waals surface area (Å²) in [6.07, 6.45) is 0.897.